The summed E-state index contributed by atoms with van der Waals surface area (Å²) in [4.78, 5) is 14.2. The first-order valence-corrected chi connectivity index (χ1v) is 7.35. The van der Waals surface area contributed by atoms with Crippen molar-refractivity contribution in [2.45, 2.75) is 33.8 Å². The number of aryl methyl sites for hydroxylation is 1. The number of benzene rings is 1. The summed E-state index contributed by atoms with van der Waals surface area (Å²) in [5.74, 6) is 0.637. The molecule has 0 aliphatic carbocycles. The summed E-state index contributed by atoms with van der Waals surface area (Å²) in [6.07, 6.45) is -0.497. The second-order valence-electron chi connectivity index (χ2n) is 6.69. The van der Waals surface area contributed by atoms with Gasteiger partial charge in [-0.25, -0.2) is 0 Å². The molecule has 1 N–H and O–H groups in total. The van der Waals surface area contributed by atoms with Crippen molar-refractivity contribution in [1.29, 1.82) is 0 Å². The molecule has 1 aromatic carbocycles. The lowest BCUT2D eigenvalue weighted by Gasteiger charge is -2.29. The number of rotatable bonds is 7. The van der Waals surface area contributed by atoms with Gasteiger partial charge in [-0.05, 0) is 45.5 Å². The summed E-state index contributed by atoms with van der Waals surface area (Å²) in [6, 6.07) is 7.71. The molecule has 0 aromatic heterocycles. The Labute approximate surface area is 128 Å². The molecule has 0 aliphatic rings. The maximum atomic E-state index is 12.1. The van der Waals surface area contributed by atoms with Gasteiger partial charge in [-0.3, -0.25) is 4.79 Å². The van der Waals surface area contributed by atoms with E-state index >= 15 is 0 Å². The molecule has 0 heterocycles. The largest absolute Gasteiger partial charge is 0.481 e. The molecule has 1 unspecified atom stereocenters. The van der Waals surface area contributed by atoms with Crippen LogP contribution in [0.4, 0.5) is 0 Å². The molecule has 0 radical (unpaired) electrons. The molecular formula is C17H28N2O2. The molecule has 1 amide bonds. The highest BCUT2D eigenvalue weighted by molar-refractivity contribution is 5.80. The number of carbonyl (C=O) groups is 1. The molecule has 4 nitrogen and oxygen atoms in total. The van der Waals surface area contributed by atoms with Gasteiger partial charge in [-0.15, -0.1) is 0 Å². The van der Waals surface area contributed by atoms with Gasteiger partial charge in [0.1, 0.15) is 5.75 Å². The van der Waals surface area contributed by atoms with Crippen LogP contribution in [0.1, 0.15) is 26.3 Å². The molecule has 21 heavy (non-hydrogen) atoms. The highest BCUT2D eigenvalue weighted by atomic mass is 16.5. The SMILES string of the molecule is Cc1ccc(OC(C)C(=O)NCC(C)(C)CN(C)C)cc1. The Hall–Kier alpha value is -1.55. The van der Waals surface area contributed by atoms with E-state index in [1.54, 1.807) is 6.92 Å². The summed E-state index contributed by atoms with van der Waals surface area (Å²) in [5, 5.41) is 2.97. The third-order valence-electron chi connectivity index (χ3n) is 3.19. The fourth-order valence-corrected chi connectivity index (χ4v) is 2.26. The Kier molecular flexibility index (Phi) is 6.21. The molecule has 4 heteroatoms. The summed E-state index contributed by atoms with van der Waals surface area (Å²) >= 11 is 0. The van der Waals surface area contributed by atoms with Crippen molar-refractivity contribution in [3.63, 3.8) is 0 Å². The molecule has 0 fully saturated rings. The van der Waals surface area contributed by atoms with Crippen molar-refractivity contribution in [2.75, 3.05) is 27.2 Å². The first kappa shape index (κ1) is 17.5. The number of nitrogens with one attached hydrogen (secondary N) is 1. The van der Waals surface area contributed by atoms with E-state index in [-0.39, 0.29) is 11.3 Å². The van der Waals surface area contributed by atoms with Gasteiger partial charge in [-0.1, -0.05) is 31.5 Å². The molecular weight excluding hydrogens is 264 g/mol. The first-order valence-electron chi connectivity index (χ1n) is 7.35. The molecule has 0 saturated carbocycles. The van der Waals surface area contributed by atoms with Crippen LogP contribution in [0.25, 0.3) is 0 Å². The lowest BCUT2D eigenvalue weighted by Crippen LogP contribution is -2.44. The molecule has 1 aromatic rings. The predicted octanol–water partition coefficient (Wildman–Crippen LogP) is 2.47. The highest BCUT2D eigenvalue weighted by Gasteiger charge is 2.22. The summed E-state index contributed by atoms with van der Waals surface area (Å²) in [7, 11) is 4.07. The lowest BCUT2D eigenvalue weighted by molar-refractivity contribution is -0.127. The van der Waals surface area contributed by atoms with Gasteiger partial charge in [-0.2, -0.15) is 0 Å². The maximum absolute atomic E-state index is 12.1. The van der Waals surface area contributed by atoms with Gasteiger partial charge in [0.25, 0.3) is 5.91 Å². The molecule has 0 bridgehead atoms. The van der Waals surface area contributed by atoms with Crippen molar-refractivity contribution in [3.8, 4) is 5.75 Å². The number of ether oxygens (including phenoxy) is 1. The van der Waals surface area contributed by atoms with Gasteiger partial charge in [0.2, 0.25) is 0 Å². The highest BCUT2D eigenvalue weighted by Crippen LogP contribution is 2.15. The van der Waals surface area contributed by atoms with Gasteiger partial charge in [0.05, 0.1) is 0 Å². The van der Waals surface area contributed by atoms with E-state index in [4.69, 9.17) is 4.74 Å². The molecule has 1 atom stereocenters. The van der Waals surface area contributed by atoms with Crippen LogP contribution in [0.2, 0.25) is 0 Å². The van der Waals surface area contributed by atoms with Crippen LogP contribution in [-0.4, -0.2) is 44.1 Å². The molecule has 0 saturated heterocycles. The van der Waals surface area contributed by atoms with E-state index in [0.717, 1.165) is 12.3 Å². The van der Waals surface area contributed by atoms with Crippen molar-refractivity contribution in [2.24, 2.45) is 5.41 Å². The van der Waals surface area contributed by atoms with Crippen LogP contribution in [0.5, 0.6) is 5.75 Å². The van der Waals surface area contributed by atoms with Crippen molar-refractivity contribution < 1.29 is 9.53 Å². The van der Waals surface area contributed by atoms with E-state index in [1.807, 2.05) is 45.3 Å². The fraction of sp³-hybridized carbons (Fsp3) is 0.588. The van der Waals surface area contributed by atoms with Crippen molar-refractivity contribution >= 4 is 5.91 Å². The smallest absolute Gasteiger partial charge is 0.260 e. The minimum Gasteiger partial charge on any atom is -0.481 e. The van der Waals surface area contributed by atoms with E-state index in [9.17, 15) is 4.79 Å². The van der Waals surface area contributed by atoms with Gasteiger partial charge >= 0.3 is 0 Å². The van der Waals surface area contributed by atoms with Crippen LogP contribution in [0.3, 0.4) is 0 Å². The van der Waals surface area contributed by atoms with Crippen LogP contribution in [-0.2, 0) is 4.79 Å². The third-order valence-corrected chi connectivity index (χ3v) is 3.19. The van der Waals surface area contributed by atoms with E-state index in [0.29, 0.717) is 6.54 Å². The predicted molar refractivity (Wildman–Crippen MR) is 86.6 cm³/mol. The number of carbonyl (C=O) groups excluding carboxylic acids is 1. The normalized spacial score (nSPS) is 13.1. The number of hydrogen-bond donors (Lipinski definition) is 1. The summed E-state index contributed by atoms with van der Waals surface area (Å²) < 4.78 is 5.65. The molecule has 0 aliphatic heterocycles. The zero-order valence-corrected chi connectivity index (χ0v) is 14.1. The van der Waals surface area contributed by atoms with Crippen LogP contribution >= 0.6 is 0 Å². The Balaban J connectivity index is 2.46. The van der Waals surface area contributed by atoms with Gasteiger partial charge < -0.3 is 15.0 Å². The number of hydrogen-bond acceptors (Lipinski definition) is 3. The molecule has 0 spiro atoms. The minimum absolute atomic E-state index is 0.0305. The van der Waals surface area contributed by atoms with Crippen LogP contribution < -0.4 is 10.1 Å². The average molecular weight is 292 g/mol. The van der Waals surface area contributed by atoms with Crippen molar-refractivity contribution in [1.82, 2.24) is 10.2 Å². The van der Waals surface area contributed by atoms with Gasteiger partial charge in [0.15, 0.2) is 6.10 Å². The minimum atomic E-state index is -0.497. The van der Waals surface area contributed by atoms with Crippen LogP contribution in [0, 0.1) is 12.3 Å². The Morgan fingerprint density at radius 2 is 1.86 bits per heavy atom. The summed E-state index contributed by atoms with van der Waals surface area (Å²) in [6.45, 7) is 9.62. The Morgan fingerprint density at radius 3 is 2.38 bits per heavy atom. The van der Waals surface area contributed by atoms with Crippen LogP contribution in [0.15, 0.2) is 24.3 Å². The maximum Gasteiger partial charge on any atom is 0.260 e. The fourth-order valence-electron chi connectivity index (χ4n) is 2.26. The molecule has 1 rings (SSSR count). The zero-order valence-electron chi connectivity index (χ0n) is 14.1. The molecule has 118 valence electrons. The monoisotopic (exact) mass is 292 g/mol. The van der Waals surface area contributed by atoms with Gasteiger partial charge in [0, 0.05) is 13.1 Å². The first-order chi connectivity index (χ1) is 9.69. The van der Waals surface area contributed by atoms with E-state index < -0.39 is 6.10 Å². The van der Waals surface area contributed by atoms with Crippen molar-refractivity contribution in [3.05, 3.63) is 29.8 Å². The zero-order chi connectivity index (χ0) is 16.0. The average Bonchev–Trinajstić information content (AvgIpc) is 2.37. The topological polar surface area (TPSA) is 41.6 Å². The Morgan fingerprint density at radius 1 is 1.29 bits per heavy atom. The lowest BCUT2D eigenvalue weighted by atomic mass is 9.93. The summed E-state index contributed by atoms with van der Waals surface area (Å²) in [5.41, 5.74) is 1.20. The Bertz CT molecular complexity index is 452. The van der Waals surface area contributed by atoms with E-state index in [2.05, 4.69) is 24.1 Å². The standard InChI is InChI=1S/C17H28N2O2/c1-13-7-9-15(10-8-13)21-14(2)16(20)18-11-17(3,4)12-19(5)6/h7-10,14H,11-12H2,1-6H3,(H,18,20). The second-order valence-corrected chi connectivity index (χ2v) is 6.69. The third kappa shape index (κ3) is 6.63. The quantitative estimate of drug-likeness (QED) is 0.839. The van der Waals surface area contributed by atoms with E-state index in [1.165, 1.54) is 5.56 Å². The number of amides is 1. The second kappa shape index (κ2) is 7.46. The number of nitrogens with zero attached hydrogens (tertiary/aromatic N) is 1.